The molecule has 1 saturated heterocycles. The lowest BCUT2D eigenvalue weighted by atomic mass is 9.94. The van der Waals surface area contributed by atoms with E-state index in [9.17, 15) is 14.7 Å². The zero-order valence-electron chi connectivity index (χ0n) is 19.8. The number of rotatable bonds is 8. The predicted molar refractivity (Wildman–Crippen MR) is 131 cm³/mol. The average molecular weight is 471 g/mol. The zero-order chi connectivity index (χ0) is 24.3. The van der Waals surface area contributed by atoms with Crippen molar-refractivity contribution in [3.05, 3.63) is 69.8 Å². The first-order valence-electron chi connectivity index (χ1n) is 11.1. The maximum Gasteiger partial charge on any atom is 0.295 e. The fourth-order valence-corrected chi connectivity index (χ4v) is 4.12. The number of nitrogens with zero attached hydrogens (tertiary/aromatic N) is 2. The quantitative estimate of drug-likeness (QED) is 0.340. The van der Waals surface area contributed by atoms with Gasteiger partial charge in [0.25, 0.3) is 11.7 Å². The summed E-state index contributed by atoms with van der Waals surface area (Å²) in [7, 11) is 3.92. The van der Waals surface area contributed by atoms with Gasteiger partial charge in [0, 0.05) is 17.1 Å². The van der Waals surface area contributed by atoms with Crippen LogP contribution in [-0.2, 0) is 9.59 Å². The molecule has 2 aromatic carbocycles. The number of carbonyl (C=O) groups excluding carboxylic acids is 2. The van der Waals surface area contributed by atoms with E-state index in [0.29, 0.717) is 29.3 Å². The van der Waals surface area contributed by atoms with Gasteiger partial charge in [0.15, 0.2) is 0 Å². The van der Waals surface area contributed by atoms with Crippen molar-refractivity contribution in [2.75, 3.05) is 27.2 Å². The minimum absolute atomic E-state index is 0.0144. The van der Waals surface area contributed by atoms with E-state index >= 15 is 0 Å². The van der Waals surface area contributed by atoms with Crippen LogP contribution in [-0.4, -0.2) is 59.9 Å². The number of halogens is 1. The van der Waals surface area contributed by atoms with Crippen LogP contribution in [0.1, 0.15) is 43.0 Å². The molecule has 0 radical (unpaired) electrons. The Morgan fingerprint density at radius 3 is 2.39 bits per heavy atom. The lowest BCUT2D eigenvalue weighted by Crippen LogP contribution is -2.32. The third-order valence-corrected chi connectivity index (χ3v) is 5.79. The molecule has 7 heteroatoms. The lowest BCUT2D eigenvalue weighted by Gasteiger charge is -2.26. The molecule has 1 amide bonds. The van der Waals surface area contributed by atoms with Crippen LogP contribution >= 0.6 is 11.6 Å². The molecule has 6 nitrogen and oxygen atoms in total. The third kappa shape index (κ3) is 5.57. The van der Waals surface area contributed by atoms with E-state index in [0.717, 1.165) is 17.7 Å². The number of benzene rings is 2. The summed E-state index contributed by atoms with van der Waals surface area (Å²) in [5, 5.41) is 11.8. The van der Waals surface area contributed by atoms with Crippen molar-refractivity contribution in [1.29, 1.82) is 0 Å². The average Bonchev–Trinajstić information content (AvgIpc) is 2.99. The molecule has 1 fully saturated rings. The number of ether oxygens (including phenoxy) is 1. The molecule has 0 saturated carbocycles. The molecular weight excluding hydrogens is 440 g/mol. The Morgan fingerprint density at radius 2 is 1.82 bits per heavy atom. The molecule has 1 N–H and O–H groups in total. The molecule has 0 spiro atoms. The summed E-state index contributed by atoms with van der Waals surface area (Å²) < 4.78 is 5.78. The fraction of sp³-hybridized carbons (Fsp3) is 0.385. The van der Waals surface area contributed by atoms with E-state index in [2.05, 4.69) is 0 Å². The number of aliphatic hydroxyl groups is 1. The molecule has 2 aromatic rings. The maximum atomic E-state index is 13.1. The standard InChI is InChI=1S/C26H31ClN2O4/c1-16(2)33-21-12-9-19(15-17(21)3)24(30)22-23(18-7-10-20(27)11-8-18)29(26(32)25(22)31)14-6-13-28(4)5/h7-12,15-16,23,30H,6,13-14H2,1-5H3/t23-/m1/s1. The second-order valence-electron chi connectivity index (χ2n) is 8.85. The van der Waals surface area contributed by atoms with Crippen molar-refractivity contribution in [2.45, 2.75) is 39.3 Å². The van der Waals surface area contributed by atoms with E-state index in [-0.39, 0.29) is 17.4 Å². The van der Waals surface area contributed by atoms with Gasteiger partial charge < -0.3 is 19.6 Å². The molecule has 1 atom stereocenters. The highest BCUT2D eigenvalue weighted by Crippen LogP contribution is 2.40. The molecule has 0 aromatic heterocycles. The summed E-state index contributed by atoms with van der Waals surface area (Å²) >= 11 is 6.07. The van der Waals surface area contributed by atoms with E-state index < -0.39 is 17.7 Å². The number of hydrogen-bond acceptors (Lipinski definition) is 5. The van der Waals surface area contributed by atoms with Crippen LogP contribution < -0.4 is 4.74 Å². The fourth-order valence-electron chi connectivity index (χ4n) is 4.00. The number of likely N-dealkylation sites (tertiary alicyclic amines) is 1. The SMILES string of the molecule is Cc1cc(C(O)=C2C(=O)C(=O)N(CCCN(C)C)[C@@H]2c2ccc(Cl)cc2)ccc1OC(C)C. The Morgan fingerprint density at radius 1 is 1.15 bits per heavy atom. The van der Waals surface area contributed by atoms with Gasteiger partial charge in [-0.1, -0.05) is 23.7 Å². The van der Waals surface area contributed by atoms with Crippen molar-refractivity contribution in [3.63, 3.8) is 0 Å². The Hall–Kier alpha value is -2.83. The summed E-state index contributed by atoms with van der Waals surface area (Å²) in [5.41, 5.74) is 2.11. The highest BCUT2D eigenvalue weighted by atomic mass is 35.5. The van der Waals surface area contributed by atoms with Gasteiger partial charge in [0.2, 0.25) is 0 Å². The smallest absolute Gasteiger partial charge is 0.295 e. The molecule has 0 bridgehead atoms. The lowest BCUT2D eigenvalue weighted by molar-refractivity contribution is -0.139. The Balaban J connectivity index is 2.07. The monoisotopic (exact) mass is 470 g/mol. The first-order valence-corrected chi connectivity index (χ1v) is 11.4. The topological polar surface area (TPSA) is 70.1 Å². The van der Waals surface area contributed by atoms with Crippen molar-refractivity contribution in [2.24, 2.45) is 0 Å². The second-order valence-corrected chi connectivity index (χ2v) is 9.28. The molecular formula is C26H31ClN2O4. The number of ketones is 1. The van der Waals surface area contributed by atoms with Crippen LogP contribution in [0, 0.1) is 6.92 Å². The molecule has 0 unspecified atom stereocenters. The normalized spacial score (nSPS) is 17.9. The highest BCUT2D eigenvalue weighted by molar-refractivity contribution is 6.46. The molecule has 0 aliphatic carbocycles. The number of amides is 1. The second kappa shape index (κ2) is 10.4. The Labute approximate surface area is 200 Å². The summed E-state index contributed by atoms with van der Waals surface area (Å²) in [6.45, 7) is 6.93. The number of carbonyl (C=O) groups is 2. The van der Waals surface area contributed by atoms with Crippen molar-refractivity contribution in [3.8, 4) is 5.75 Å². The van der Waals surface area contributed by atoms with Crippen LogP contribution in [0.25, 0.3) is 5.76 Å². The highest BCUT2D eigenvalue weighted by Gasteiger charge is 2.45. The first-order chi connectivity index (χ1) is 15.6. The van der Waals surface area contributed by atoms with E-state index in [1.165, 1.54) is 0 Å². The largest absolute Gasteiger partial charge is 0.507 e. The van der Waals surface area contributed by atoms with Crippen LogP contribution in [0.2, 0.25) is 5.02 Å². The molecule has 3 rings (SSSR count). The zero-order valence-corrected chi connectivity index (χ0v) is 20.5. The van der Waals surface area contributed by atoms with Crippen LogP contribution in [0.5, 0.6) is 5.75 Å². The van der Waals surface area contributed by atoms with Gasteiger partial charge in [-0.05, 0) is 89.3 Å². The summed E-state index contributed by atoms with van der Waals surface area (Å²) in [6.07, 6.45) is 0.713. The summed E-state index contributed by atoms with van der Waals surface area (Å²) in [6, 6.07) is 11.6. The Bertz CT molecular complexity index is 1060. The van der Waals surface area contributed by atoms with Crippen LogP contribution in [0.3, 0.4) is 0 Å². The van der Waals surface area contributed by atoms with Crippen molar-refractivity contribution >= 4 is 29.1 Å². The van der Waals surface area contributed by atoms with Gasteiger partial charge >= 0.3 is 0 Å². The first kappa shape index (κ1) is 24.8. The molecule has 1 heterocycles. The van der Waals surface area contributed by atoms with Gasteiger partial charge in [0.05, 0.1) is 17.7 Å². The van der Waals surface area contributed by atoms with Gasteiger partial charge in [-0.3, -0.25) is 9.59 Å². The van der Waals surface area contributed by atoms with Crippen LogP contribution in [0.15, 0.2) is 48.0 Å². The van der Waals surface area contributed by atoms with Crippen LogP contribution in [0.4, 0.5) is 0 Å². The summed E-state index contributed by atoms with van der Waals surface area (Å²) in [5.74, 6) is -0.772. The molecule has 33 heavy (non-hydrogen) atoms. The van der Waals surface area contributed by atoms with E-state index in [1.54, 1.807) is 47.4 Å². The molecule has 1 aliphatic heterocycles. The number of hydrogen-bond donors (Lipinski definition) is 1. The van der Waals surface area contributed by atoms with Gasteiger partial charge in [-0.2, -0.15) is 0 Å². The minimum atomic E-state index is -0.684. The molecule has 1 aliphatic rings. The number of aliphatic hydroxyl groups excluding tert-OH is 1. The maximum absolute atomic E-state index is 13.1. The third-order valence-electron chi connectivity index (χ3n) is 5.54. The van der Waals surface area contributed by atoms with Crippen molar-refractivity contribution in [1.82, 2.24) is 9.80 Å². The van der Waals surface area contributed by atoms with E-state index in [4.69, 9.17) is 16.3 Å². The van der Waals surface area contributed by atoms with Gasteiger partial charge in [-0.15, -0.1) is 0 Å². The van der Waals surface area contributed by atoms with E-state index in [1.807, 2.05) is 39.8 Å². The van der Waals surface area contributed by atoms with Crippen molar-refractivity contribution < 1.29 is 19.4 Å². The minimum Gasteiger partial charge on any atom is -0.507 e. The number of aryl methyl sites for hydroxylation is 1. The van der Waals surface area contributed by atoms with Gasteiger partial charge in [-0.25, -0.2) is 0 Å². The predicted octanol–water partition coefficient (Wildman–Crippen LogP) is 4.81. The summed E-state index contributed by atoms with van der Waals surface area (Å²) in [4.78, 5) is 29.7. The van der Waals surface area contributed by atoms with Gasteiger partial charge in [0.1, 0.15) is 11.5 Å². The Kier molecular flexibility index (Phi) is 7.82. The number of Topliss-reactive ketones (excluding diaryl/α,β-unsaturated/α-hetero) is 1. The molecule has 176 valence electrons.